The molecule has 0 fully saturated rings. The second kappa shape index (κ2) is 12.0. The van der Waals surface area contributed by atoms with Crippen molar-refractivity contribution in [3.05, 3.63) is 73.3 Å². The van der Waals surface area contributed by atoms with E-state index in [0.29, 0.717) is 22.8 Å². The standard InChI is InChI=1S/C26H22F4N4O2S2/c1-25(27,28)15-35-17-7-9-19(33-13-17)23-21(5-3-11-31-23)37-38-22-6-4-12-32-24(22)20-10-8-18(14-34-20)36-16-26(2,29)30/h3-14H,15-16H2,1-2H3. The number of nitrogens with zero attached hydrogens (tertiary/aromatic N) is 4. The highest BCUT2D eigenvalue weighted by molar-refractivity contribution is 8.76. The zero-order valence-electron chi connectivity index (χ0n) is 20.3. The lowest BCUT2D eigenvalue weighted by atomic mass is 10.2. The van der Waals surface area contributed by atoms with Crippen molar-refractivity contribution in [3.8, 4) is 34.3 Å². The molecule has 4 aromatic heterocycles. The number of aromatic nitrogens is 4. The molecule has 0 spiro atoms. The van der Waals surface area contributed by atoms with E-state index in [1.807, 2.05) is 12.1 Å². The van der Waals surface area contributed by atoms with Gasteiger partial charge >= 0.3 is 0 Å². The van der Waals surface area contributed by atoms with E-state index in [0.717, 1.165) is 23.6 Å². The van der Waals surface area contributed by atoms with Crippen molar-refractivity contribution in [1.82, 2.24) is 19.9 Å². The smallest absolute Gasteiger partial charge is 0.278 e. The second-order valence-electron chi connectivity index (χ2n) is 8.34. The summed E-state index contributed by atoms with van der Waals surface area (Å²) in [7, 11) is 2.89. The van der Waals surface area contributed by atoms with Crippen LogP contribution in [0, 0.1) is 0 Å². The molecule has 0 atom stereocenters. The molecular formula is C26H22F4N4O2S2. The van der Waals surface area contributed by atoms with Crippen molar-refractivity contribution >= 4 is 21.6 Å². The van der Waals surface area contributed by atoms with Crippen LogP contribution in [0.25, 0.3) is 22.8 Å². The van der Waals surface area contributed by atoms with Gasteiger partial charge in [-0.3, -0.25) is 19.9 Å². The lowest BCUT2D eigenvalue weighted by molar-refractivity contribution is -0.0234. The molecule has 0 aliphatic carbocycles. The largest absolute Gasteiger partial charge is 0.486 e. The van der Waals surface area contributed by atoms with Gasteiger partial charge in [-0.15, -0.1) is 0 Å². The summed E-state index contributed by atoms with van der Waals surface area (Å²) in [6.07, 6.45) is 6.06. The van der Waals surface area contributed by atoms with Gasteiger partial charge in [0, 0.05) is 36.0 Å². The Kier molecular flexibility index (Phi) is 8.72. The summed E-state index contributed by atoms with van der Waals surface area (Å²) < 4.78 is 62.4. The Morgan fingerprint density at radius 2 is 1.05 bits per heavy atom. The molecule has 4 aromatic rings. The summed E-state index contributed by atoms with van der Waals surface area (Å²) in [5.74, 6) is -5.40. The van der Waals surface area contributed by atoms with E-state index in [9.17, 15) is 17.6 Å². The summed E-state index contributed by atoms with van der Waals surface area (Å²) in [5, 5.41) is 0. The average molecular weight is 563 g/mol. The molecular weight excluding hydrogens is 540 g/mol. The highest BCUT2D eigenvalue weighted by Crippen LogP contribution is 2.43. The Balaban J connectivity index is 1.47. The van der Waals surface area contributed by atoms with Crippen molar-refractivity contribution in [2.75, 3.05) is 13.2 Å². The summed E-state index contributed by atoms with van der Waals surface area (Å²) in [6.45, 7) is 0.104. The third kappa shape index (κ3) is 8.06. The topological polar surface area (TPSA) is 70.0 Å². The van der Waals surface area contributed by atoms with Crippen LogP contribution in [-0.2, 0) is 0 Å². The number of hydrogen-bond donors (Lipinski definition) is 0. The Hall–Kier alpha value is -3.38. The third-order valence-corrected chi connectivity index (χ3v) is 7.13. The van der Waals surface area contributed by atoms with Crippen LogP contribution in [0.1, 0.15) is 13.8 Å². The number of rotatable bonds is 11. The van der Waals surface area contributed by atoms with Crippen LogP contribution in [0.4, 0.5) is 17.6 Å². The number of ether oxygens (including phenoxy) is 2. The summed E-state index contributed by atoms with van der Waals surface area (Å²) in [6, 6.07) is 13.9. The van der Waals surface area contributed by atoms with E-state index in [1.165, 1.54) is 34.0 Å². The van der Waals surface area contributed by atoms with Crippen LogP contribution < -0.4 is 9.47 Å². The summed E-state index contributed by atoms with van der Waals surface area (Å²) >= 11 is 0. The van der Waals surface area contributed by atoms with Gasteiger partial charge in [-0.25, -0.2) is 17.6 Å². The predicted octanol–water partition coefficient (Wildman–Crippen LogP) is 7.47. The van der Waals surface area contributed by atoms with Crippen molar-refractivity contribution in [2.45, 2.75) is 35.5 Å². The molecule has 6 nitrogen and oxygen atoms in total. The van der Waals surface area contributed by atoms with Crippen LogP contribution in [0.15, 0.2) is 83.1 Å². The molecule has 198 valence electrons. The molecule has 0 aliphatic rings. The Bertz CT molecular complexity index is 1240. The van der Waals surface area contributed by atoms with Gasteiger partial charge in [-0.1, -0.05) is 21.6 Å². The lowest BCUT2D eigenvalue weighted by Gasteiger charge is -2.13. The fourth-order valence-corrected chi connectivity index (χ4v) is 5.29. The van der Waals surface area contributed by atoms with Crippen molar-refractivity contribution in [1.29, 1.82) is 0 Å². The van der Waals surface area contributed by atoms with Crippen LogP contribution in [0.5, 0.6) is 11.5 Å². The van der Waals surface area contributed by atoms with Crippen molar-refractivity contribution in [2.24, 2.45) is 0 Å². The fourth-order valence-electron chi connectivity index (χ4n) is 3.02. The van der Waals surface area contributed by atoms with Gasteiger partial charge in [-0.05, 0) is 48.5 Å². The zero-order chi connectivity index (χ0) is 27.2. The average Bonchev–Trinajstić information content (AvgIpc) is 2.90. The van der Waals surface area contributed by atoms with E-state index < -0.39 is 25.1 Å². The van der Waals surface area contributed by atoms with E-state index in [1.54, 1.807) is 48.8 Å². The minimum atomic E-state index is -2.94. The first-order valence-electron chi connectivity index (χ1n) is 11.3. The maximum absolute atomic E-state index is 13.1. The van der Waals surface area contributed by atoms with E-state index in [2.05, 4.69) is 19.9 Å². The first-order chi connectivity index (χ1) is 18.1. The molecule has 4 heterocycles. The Labute approximate surface area is 224 Å². The molecule has 4 rings (SSSR count). The molecule has 0 aliphatic heterocycles. The monoisotopic (exact) mass is 562 g/mol. The van der Waals surface area contributed by atoms with Crippen molar-refractivity contribution < 1.29 is 27.0 Å². The van der Waals surface area contributed by atoms with Crippen LogP contribution in [-0.4, -0.2) is 45.0 Å². The lowest BCUT2D eigenvalue weighted by Crippen LogP contribution is -2.20. The van der Waals surface area contributed by atoms with Gasteiger partial charge in [0.05, 0.1) is 23.8 Å². The number of alkyl halides is 4. The molecule has 0 radical (unpaired) electrons. The maximum atomic E-state index is 13.1. The highest BCUT2D eigenvalue weighted by atomic mass is 33.1. The first kappa shape index (κ1) is 27.6. The van der Waals surface area contributed by atoms with E-state index in [4.69, 9.17) is 9.47 Å². The molecule has 0 saturated heterocycles. The molecule has 0 amide bonds. The van der Waals surface area contributed by atoms with Crippen LogP contribution in [0.3, 0.4) is 0 Å². The molecule has 0 bridgehead atoms. The zero-order valence-corrected chi connectivity index (χ0v) is 21.9. The van der Waals surface area contributed by atoms with Crippen LogP contribution in [0.2, 0.25) is 0 Å². The second-order valence-corrected chi connectivity index (χ2v) is 10.6. The predicted molar refractivity (Wildman–Crippen MR) is 139 cm³/mol. The minimum absolute atomic E-state index is 0.238. The fraction of sp³-hybridized carbons (Fsp3) is 0.231. The molecule has 0 aromatic carbocycles. The Morgan fingerprint density at radius 1 is 0.632 bits per heavy atom. The summed E-state index contributed by atoms with van der Waals surface area (Å²) in [4.78, 5) is 19.2. The van der Waals surface area contributed by atoms with Gasteiger partial charge in [0.1, 0.15) is 22.9 Å². The normalized spacial score (nSPS) is 11.8. The van der Waals surface area contributed by atoms with Gasteiger partial charge in [-0.2, -0.15) is 0 Å². The minimum Gasteiger partial charge on any atom is -0.486 e. The third-order valence-electron chi connectivity index (χ3n) is 4.71. The van der Waals surface area contributed by atoms with E-state index in [-0.39, 0.29) is 11.5 Å². The number of halogens is 4. The van der Waals surface area contributed by atoms with Gasteiger partial charge in [0.2, 0.25) is 0 Å². The Morgan fingerprint density at radius 3 is 1.39 bits per heavy atom. The molecule has 0 unspecified atom stereocenters. The van der Waals surface area contributed by atoms with Crippen LogP contribution >= 0.6 is 21.6 Å². The number of hydrogen-bond acceptors (Lipinski definition) is 8. The highest BCUT2D eigenvalue weighted by Gasteiger charge is 2.23. The van der Waals surface area contributed by atoms with E-state index >= 15 is 0 Å². The molecule has 38 heavy (non-hydrogen) atoms. The molecule has 0 N–H and O–H groups in total. The van der Waals surface area contributed by atoms with Gasteiger partial charge < -0.3 is 9.47 Å². The van der Waals surface area contributed by atoms with Crippen molar-refractivity contribution in [3.63, 3.8) is 0 Å². The molecule has 0 saturated carbocycles. The molecule has 12 heteroatoms. The summed E-state index contributed by atoms with van der Waals surface area (Å²) in [5.41, 5.74) is 2.36. The maximum Gasteiger partial charge on any atom is 0.278 e. The SMILES string of the molecule is CC(F)(F)COc1ccc(-c2ncccc2SSc2cccnc2-c2ccc(OCC(C)(F)F)cn2)nc1. The van der Waals surface area contributed by atoms with Gasteiger partial charge in [0.25, 0.3) is 11.8 Å². The quantitative estimate of drug-likeness (QED) is 0.138. The van der Waals surface area contributed by atoms with Gasteiger partial charge in [0.15, 0.2) is 13.2 Å². The first-order valence-corrected chi connectivity index (χ1v) is 13.4. The number of pyridine rings is 4.